The molecule has 3 rings (SSSR count). The molecule has 0 aromatic heterocycles. The summed E-state index contributed by atoms with van der Waals surface area (Å²) in [6, 6.07) is 0. The molecular weight excluding hydrogens is 448 g/mol. The van der Waals surface area contributed by atoms with Crippen molar-refractivity contribution in [2.75, 3.05) is 13.2 Å². The minimum atomic E-state index is -1.20. The third kappa shape index (κ3) is 3.66. The van der Waals surface area contributed by atoms with Crippen molar-refractivity contribution in [1.29, 1.82) is 0 Å². The van der Waals surface area contributed by atoms with E-state index in [4.69, 9.17) is 9.47 Å². The molecule has 0 amide bonds. The maximum Gasteiger partial charge on any atom is 0.302 e. The maximum absolute atomic E-state index is 13.3. The average Bonchev–Trinajstić information content (AvgIpc) is 2.73. The molecule has 0 aliphatic heterocycles. The predicted molar refractivity (Wildman–Crippen MR) is 118 cm³/mol. The number of fused-ring (bicyclic) bond motifs is 3. The summed E-state index contributed by atoms with van der Waals surface area (Å²) < 4.78 is 10.3. The van der Waals surface area contributed by atoms with Gasteiger partial charge in [-0.1, -0.05) is 20.8 Å². The molecule has 1 aromatic rings. The highest BCUT2D eigenvalue weighted by Gasteiger charge is 2.57. The van der Waals surface area contributed by atoms with Gasteiger partial charge in [0.25, 0.3) is 0 Å². The van der Waals surface area contributed by atoms with Crippen LogP contribution in [0.2, 0.25) is 0 Å². The van der Waals surface area contributed by atoms with E-state index in [9.17, 15) is 39.9 Å². The van der Waals surface area contributed by atoms with Crippen LogP contribution in [-0.2, 0) is 24.5 Å². The molecule has 10 nitrogen and oxygen atoms in total. The van der Waals surface area contributed by atoms with Crippen LogP contribution in [0.4, 0.5) is 0 Å². The van der Waals surface area contributed by atoms with E-state index in [0.29, 0.717) is 6.42 Å². The monoisotopic (exact) mass is 478 g/mol. The van der Waals surface area contributed by atoms with Crippen LogP contribution in [-0.4, -0.2) is 62.6 Å². The topological polar surface area (TPSA) is 171 Å². The van der Waals surface area contributed by atoms with Crippen LogP contribution in [0.15, 0.2) is 11.3 Å². The van der Waals surface area contributed by atoms with Crippen molar-refractivity contribution < 1.29 is 49.4 Å². The molecule has 0 radical (unpaired) electrons. The first-order valence-electron chi connectivity index (χ1n) is 10.9. The number of benzene rings is 1. The number of rotatable bonds is 5. The van der Waals surface area contributed by atoms with Crippen LogP contribution < -0.4 is 0 Å². The van der Waals surface area contributed by atoms with Gasteiger partial charge in [0, 0.05) is 41.7 Å². The van der Waals surface area contributed by atoms with Gasteiger partial charge in [0.1, 0.15) is 18.5 Å². The van der Waals surface area contributed by atoms with E-state index in [0.717, 1.165) is 6.92 Å². The molecule has 1 aromatic carbocycles. The van der Waals surface area contributed by atoms with E-state index in [-0.39, 0.29) is 23.1 Å². The van der Waals surface area contributed by atoms with Crippen molar-refractivity contribution in [2.24, 2.45) is 5.41 Å². The molecule has 3 atom stereocenters. The zero-order chi connectivity index (χ0) is 25.7. The first kappa shape index (κ1) is 25.4. The predicted octanol–water partition coefficient (Wildman–Crippen LogP) is 2.46. The molecule has 0 spiro atoms. The Morgan fingerprint density at radius 3 is 2.18 bits per heavy atom. The summed E-state index contributed by atoms with van der Waals surface area (Å²) in [6.07, 6.45) is -0.116. The molecule has 2 aliphatic carbocycles. The van der Waals surface area contributed by atoms with Gasteiger partial charge in [-0.2, -0.15) is 0 Å². The average molecular weight is 478 g/mol. The summed E-state index contributed by atoms with van der Waals surface area (Å²) in [7, 11) is 0. The third-order valence-corrected chi connectivity index (χ3v) is 7.02. The lowest BCUT2D eigenvalue weighted by atomic mass is 9.53. The summed E-state index contributed by atoms with van der Waals surface area (Å²) in [5, 5.41) is 53.8. The van der Waals surface area contributed by atoms with Gasteiger partial charge < -0.3 is 35.0 Å². The Hall–Kier alpha value is -3.27. The quantitative estimate of drug-likeness (QED) is 0.240. The first-order valence-corrected chi connectivity index (χ1v) is 10.9. The van der Waals surface area contributed by atoms with Crippen molar-refractivity contribution in [3.05, 3.63) is 28.0 Å². The van der Waals surface area contributed by atoms with E-state index in [1.165, 1.54) is 6.92 Å². The zero-order valence-electron chi connectivity index (χ0n) is 19.8. The highest BCUT2D eigenvalue weighted by molar-refractivity contribution is 6.13. The normalized spacial score (nSPS) is 24.2. The first-order chi connectivity index (χ1) is 15.7. The number of aromatic hydroxyl groups is 3. The second-order valence-electron chi connectivity index (χ2n) is 9.63. The summed E-state index contributed by atoms with van der Waals surface area (Å²) in [6.45, 7) is 6.36. The lowest BCUT2D eigenvalue weighted by Crippen LogP contribution is -2.50. The van der Waals surface area contributed by atoms with Gasteiger partial charge in [-0.05, 0) is 18.4 Å². The standard InChI is InChI=1S/C24H30O10/c1-10(26)33-9-12(8-25)14-17(28)15-16(20(31)18(14)29)24(5)7-6-13(34-11(2)27)23(3,4)22(24)21(32)19(15)30/h12-13,25,28-29,31-32H,6-9H2,1-5H3/t12?,13-,24+/m0/s1. The Morgan fingerprint density at radius 1 is 1.03 bits per heavy atom. The Kier molecular flexibility index (Phi) is 6.34. The Morgan fingerprint density at radius 2 is 1.65 bits per heavy atom. The van der Waals surface area contributed by atoms with Crippen molar-refractivity contribution >= 4 is 17.7 Å². The van der Waals surface area contributed by atoms with Crippen molar-refractivity contribution in [1.82, 2.24) is 0 Å². The van der Waals surface area contributed by atoms with E-state index < -0.39 is 82.4 Å². The highest BCUT2D eigenvalue weighted by Crippen LogP contribution is 2.62. The molecule has 0 heterocycles. The number of Topliss-reactive ketones (excluding diaryl/α,β-unsaturated/α-hetero) is 1. The molecule has 2 aliphatic rings. The van der Waals surface area contributed by atoms with Gasteiger partial charge >= 0.3 is 11.9 Å². The number of phenols is 3. The fourth-order valence-electron chi connectivity index (χ4n) is 5.55. The lowest BCUT2D eigenvalue weighted by molar-refractivity contribution is -0.153. The number of hydrogen-bond acceptors (Lipinski definition) is 10. The molecule has 1 fully saturated rings. The van der Waals surface area contributed by atoms with E-state index >= 15 is 0 Å². The van der Waals surface area contributed by atoms with Crippen molar-refractivity contribution in [3.8, 4) is 17.2 Å². The maximum atomic E-state index is 13.3. The van der Waals surface area contributed by atoms with Crippen molar-refractivity contribution in [2.45, 2.75) is 64.9 Å². The highest BCUT2D eigenvalue weighted by atomic mass is 16.5. The van der Waals surface area contributed by atoms with Crippen LogP contribution in [0.5, 0.6) is 17.2 Å². The minimum absolute atomic E-state index is 0.0671. The van der Waals surface area contributed by atoms with Crippen LogP contribution >= 0.6 is 0 Å². The van der Waals surface area contributed by atoms with Gasteiger partial charge in [-0.15, -0.1) is 0 Å². The second-order valence-corrected chi connectivity index (χ2v) is 9.63. The largest absolute Gasteiger partial charge is 0.507 e. The number of aliphatic hydroxyl groups is 2. The van der Waals surface area contributed by atoms with Crippen LogP contribution in [0.3, 0.4) is 0 Å². The number of hydrogen-bond donors (Lipinski definition) is 5. The van der Waals surface area contributed by atoms with Crippen LogP contribution in [0.25, 0.3) is 0 Å². The van der Waals surface area contributed by atoms with Gasteiger partial charge in [0.2, 0.25) is 5.78 Å². The fraction of sp³-hybridized carbons (Fsp3) is 0.542. The Balaban J connectivity index is 2.27. The molecule has 0 saturated heterocycles. The van der Waals surface area contributed by atoms with Gasteiger partial charge in [0.15, 0.2) is 17.3 Å². The number of allylic oxidation sites excluding steroid dienone is 1. The van der Waals surface area contributed by atoms with Gasteiger partial charge in [0.05, 0.1) is 12.2 Å². The molecule has 34 heavy (non-hydrogen) atoms. The summed E-state index contributed by atoms with van der Waals surface area (Å²) in [4.78, 5) is 36.2. The number of carbonyl (C=O) groups excluding carboxylic acids is 3. The van der Waals surface area contributed by atoms with Crippen LogP contribution in [0.1, 0.15) is 74.9 Å². The third-order valence-electron chi connectivity index (χ3n) is 7.02. The lowest BCUT2D eigenvalue weighted by Gasteiger charge is -2.52. The van der Waals surface area contributed by atoms with E-state index in [1.807, 2.05) is 0 Å². The molecule has 1 saturated carbocycles. The van der Waals surface area contributed by atoms with Crippen LogP contribution in [0, 0.1) is 5.41 Å². The number of phenolic OH excluding ortho intramolecular Hbond substituents is 3. The summed E-state index contributed by atoms with van der Waals surface area (Å²) in [5.41, 5.74) is -2.85. The van der Waals surface area contributed by atoms with Crippen molar-refractivity contribution in [3.63, 3.8) is 0 Å². The summed E-state index contributed by atoms with van der Waals surface area (Å²) >= 11 is 0. The molecule has 1 unspecified atom stereocenters. The molecule has 186 valence electrons. The number of ketones is 1. The van der Waals surface area contributed by atoms with Gasteiger partial charge in [-0.3, -0.25) is 14.4 Å². The molecule has 0 bridgehead atoms. The minimum Gasteiger partial charge on any atom is -0.507 e. The number of aliphatic hydroxyl groups excluding tert-OH is 2. The molecule has 5 N–H and O–H groups in total. The second kappa shape index (κ2) is 8.50. The Bertz CT molecular complexity index is 1100. The molecular formula is C24H30O10. The van der Waals surface area contributed by atoms with Gasteiger partial charge in [-0.25, -0.2) is 0 Å². The smallest absolute Gasteiger partial charge is 0.302 e. The molecule has 10 heteroatoms. The SMILES string of the molecule is CC(=O)OCC(CO)c1c(O)c(O)c2c(c1O)C(=O)C(O)=C1C(C)(C)[C@@H](OC(C)=O)CC[C@@]12C. The Labute approximate surface area is 196 Å². The number of esters is 2. The number of ether oxygens (including phenoxy) is 2. The fourth-order valence-corrected chi connectivity index (χ4v) is 5.55. The number of carbonyl (C=O) groups is 3. The van der Waals surface area contributed by atoms with E-state index in [1.54, 1.807) is 20.8 Å². The zero-order valence-corrected chi connectivity index (χ0v) is 19.8. The summed E-state index contributed by atoms with van der Waals surface area (Å²) in [5.74, 6) is -6.16. The van der Waals surface area contributed by atoms with E-state index in [2.05, 4.69) is 0 Å².